The lowest BCUT2D eigenvalue weighted by atomic mass is 9.69. The fourth-order valence-corrected chi connectivity index (χ4v) is 5.48. The zero-order valence-corrected chi connectivity index (χ0v) is 18.2. The van der Waals surface area contributed by atoms with E-state index in [1.807, 2.05) is 11.9 Å². The number of benzene rings is 1. The van der Waals surface area contributed by atoms with E-state index in [1.54, 1.807) is 0 Å². The number of hydrogen-bond acceptors (Lipinski definition) is 4. The van der Waals surface area contributed by atoms with E-state index < -0.39 is 0 Å². The Hall–Kier alpha value is -1.59. The Morgan fingerprint density at radius 3 is 2.38 bits per heavy atom. The summed E-state index contributed by atoms with van der Waals surface area (Å²) in [4.78, 5) is 20.0. The van der Waals surface area contributed by atoms with Gasteiger partial charge in [-0.05, 0) is 62.4 Å². The van der Waals surface area contributed by atoms with Crippen LogP contribution in [0.1, 0.15) is 44.6 Å². The van der Waals surface area contributed by atoms with Gasteiger partial charge in [-0.2, -0.15) is 0 Å². The molecular formula is C24H37N3O2. The number of amides is 1. The third-order valence-corrected chi connectivity index (χ3v) is 7.48. The summed E-state index contributed by atoms with van der Waals surface area (Å²) in [5.74, 6) is 0.905. The van der Waals surface area contributed by atoms with Crippen LogP contribution in [0.25, 0.3) is 0 Å². The largest absolute Gasteiger partial charge is 0.378 e. The summed E-state index contributed by atoms with van der Waals surface area (Å²) >= 11 is 0. The molecule has 0 N–H and O–H groups in total. The van der Waals surface area contributed by atoms with Crippen LogP contribution >= 0.6 is 0 Å². The number of carbonyl (C=O) groups excluding carboxylic acids is 1. The predicted octanol–water partition coefficient (Wildman–Crippen LogP) is 3.38. The van der Waals surface area contributed by atoms with Gasteiger partial charge in [-0.3, -0.25) is 9.69 Å². The lowest BCUT2D eigenvalue weighted by Crippen LogP contribution is -2.47. The van der Waals surface area contributed by atoms with Crippen LogP contribution in [0, 0.1) is 11.3 Å². The summed E-state index contributed by atoms with van der Waals surface area (Å²) in [6, 6.07) is 9.08. The van der Waals surface area contributed by atoms with Gasteiger partial charge in [-0.1, -0.05) is 25.5 Å². The molecule has 0 aliphatic carbocycles. The quantitative estimate of drug-likeness (QED) is 0.778. The Kier molecular flexibility index (Phi) is 6.45. The molecule has 5 nitrogen and oxygen atoms in total. The van der Waals surface area contributed by atoms with Crippen LogP contribution in [0.4, 0.5) is 5.69 Å². The molecule has 3 aliphatic heterocycles. The van der Waals surface area contributed by atoms with E-state index in [9.17, 15) is 4.79 Å². The number of carbonyl (C=O) groups is 1. The van der Waals surface area contributed by atoms with Gasteiger partial charge in [0, 0.05) is 44.3 Å². The normalized spacial score (nSPS) is 27.9. The van der Waals surface area contributed by atoms with Crippen molar-refractivity contribution in [3.05, 3.63) is 29.8 Å². The molecule has 29 heavy (non-hydrogen) atoms. The van der Waals surface area contributed by atoms with Crippen LogP contribution < -0.4 is 4.90 Å². The van der Waals surface area contributed by atoms with Crippen LogP contribution in [0.15, 0.2) is 24.3 Å². The molecule has 1 aromatic carbocycles. The van der Waals surface area contributed by atoms with Crippen LogP contribution in [0.2, 0.25) is 0 Å². The maximum absolute atomic E-state index is 13.0. The monoisotopic (exact) mass is 399 g/mol. The second-order valence-electron chi connectivity index (χ2n) is 9.42. The van der Waals surface area contributed by atoms with Gasteiger partial charge in [0.2, 0.25) is 5.91 Å². The predicted molar refractivity (Wildman–Crippen MR) is 117 cm³/mol. The van der Waals surface area contributed by atoms with Crippen LogP contribution in [-0.4, -0.2) is 68.7 Å². The van der Waals surface area contributed by atoms with E-state index in [-0.39, 0.29) is 5.41 Å². The SMILES string of the molecule is CN1CCCC[C@@](C)(C2CCN(Cc3ccc(N4CCOCC4)cc3)CC2)C1=O. The molecule has 0 radical (unpaired) electrons. The van der Waals surface area contributed by atoms with E-state index >= 15 is 0 Å². The van der Waals surface area contributed by atoms with Gasteiger partial charge in [0.1, 0.15) is 0 Å². The summed E-state index contributed by atoms with van der Waals surface area (Å²) in [5, 5.41) is 0. The second-order valence-corrected chi connectivity index (χ2v) is 9.42. The summed E-state index contributed by atoms with van der Waals surface area (Å²) < 4.78 is 5.45. The molecule has 3 heterocycles. The van der Waals surface area contributed by atoms with Gasteiger partial charge in [0.25, 0.3) is 0 Å². The van der Waals surface area contributed by atoms with Crippen LogP contribution in [0.5, 0.6) is 0 Å². The molecule has 160 valence electrons. The van der Waals surface area contributed by atoms with Crippen molar-refractivity contribution in [2.45, 2.75) is 45.6 Å². The highest BCUT2D eigenvalue weighted by molar-refractivity contribution is 5.82. The molecule has 0 saturated carbocycles. The van der Waals surface area contributed by atoms with Gasteiger partial charge in [-0.15, -0.1) is 0 Å². The minimum absolute atomic E-state index is 0.156. The lowest BCUT2D eigenvalue weighted by molar-refractivity contribution is -0.143. The number of rotatable bonds is 4. The van der Waals surface area contributed by atoms with Crippen molar-refractivity contribution in [2.75, 3.05) is 57.9 Å². The molecule has 3 aliphatic rings. The first-order valence-electron chi connectivity index (χ1n) is 11.5. The van der Waals surface area contributed by atoms with Crippen molar-refractivity contribution in [3.63, 3.8) is 0 Å². The van der Waals surface area contributed by atoms with E-state index in [2.05, 4.69) is 41.0 Å². The van der Waals surface area contributed by atoms with Crippen LogP contribution in [0.3, 0.4) is 0 Å². The first-order valence-corrected chi connectivity index (χ1v) is 11.5. The highest BCUT2D eigenvalue weighted by atomic mass is 16.5. The average molecular weight is 400 g/mol. The number of morpholine rings is 1. The molecule has 0 bridgehead atoms. The standard InChI is InChI=1S/C24H37N3O2/c1-24(11-3-4-12-25(2)23(24)28)21-9-13-26(14-10-21)19-20-5-7-22(8-6-20)27-15-17-29-18-16-27/h5-8,21H,3-4,9-19H2,1-2H3/t24-/m0/s1. The zero-order valence-electron chi connectivity index (χ0n) is 18.2. The summed E-state index contributed by atoms with van der Waals surface area (Å²) in [7, 11) is 1.99. The van der Waals surface area contributed by atoms with Crippen LogP contribution in [-0.2, 0) is 16.1 Å². The highest BCUT2D eigenvalue weighted by Gasteiger charge is 2.44. The number of hydrogen-bond donors (Lipinski definition) is 0. The molecule has 1 amide bonds. The first kappa shape index (κ1) is 20.7. The second kappa shape index (κ2) is 9.05. The van der Waals surface area contributed by atoms with Crippen molar-refractivity contribution in [3.8, 4) is 0 Å². The minimum Gasteiger partial charge on any atom is -0.378 e. The molecule has 4 rings (SSSR count). The zero-order chi connectivity index (χ0) is 20.3. The first-order chi connectivity index (χ1) is 14.1. The van der Waals surface area contributed by atoms with Gasteiger partial charge in [0.05, 0.1) is 13.2 Å². The lowest BCUT2D eigenvalue weighted by Gasteiger charge is -2.42. The summed E-state index contributed by atoms with van der Waals surface area (Å²) in [6.45, 7) is 10.0. The Balaban J connectivity index is 1.31. The minimum atomic E-state index is -0.156. The van der Waals surface area contributed by atoms with Gasteiger partial charge < -0.3 is 14.5 Å². The molecular weight excluding hydrogens is 362 g/mol. The van der Waals surface area contributed by atoms with Crippen molar-refractivity contribution >= 4 is 11.6 Å². The Labute approximate surface area is 176 Å². The molecule has 0 aromatic heterocycles. The third-order valence-electron chi connectivity index (χ3n) is 7.48. The maximum atomic E-state index is 13.0. The smallest absolute Gasteiger partial charge is 0.228 e. The number of ether oxygens (including phenoxy) is 1. The Morgan fingerprint density at radius 2 is 1.69 bits per heavy atom. The fourth-order valence-electron chi connectivity index (χ4n) is 5.48. The van der Waals surface area contributed by atoms with Crippen molar-refractivity contribution < 1.29 is 9.53 Å². The molecule has 1 aromatic rings. The van der Waals surface area contributed by atoms with E-state index in [4.69, 9.17) is 4.74 Å². The molecule has 5 heteroatoms. The molecule has 1 atom stereocenters. The van der Waals surface area contributed by atoms with E-state index in [0.717, 1.165) is 78.2 Å². The Bertz CT molecular complexity index is 678. The van der Waals surface area contributed by atoms with E-state index in [0.29, 0.717) is 11.8 Å². The number of likely N-dealkylation sites (tertiary alicyclic amines) is 2. The molecule has 0 spiro atoms. The van der Waals surface area contributed by atoms with Crippen molar-refractivity contribution in [2.24, 2.45) is 11.3 Å². The number of nitrogens with zero attached hydrogens (tertiary/aromatic N) is 3. The highest BCUT2D eigenvalue weighted by Crippen LogP contribution is 2.42. The summed E-state index contributed by atoms with van der Waals surface area (Å²) in [5.41, 5.74) is 2.54. The number of piperidine rings is 1. The Morgan fingerprint density at radius 1 is 1.00 bits per heavy atom. The fraction of sp³-hybridized carbons (Fsp3) is 0.708. The summed E-state index contributed by atoms with van der Waals surface area (Å²) in [6.07, 6.45) is 5.67. The van der Waals surface area contributed by atoms with Gasteiger partial charge in [0.15, 0.2) is 0 Å². The van der Waals surface area contributed by atoms with E-state index in [1.165, 1.54) is 17.7 Å². The third kappa shape index (κ3) is 4.61. The molecule has 3 saturated heterocycles. The topological polar surface area (TPSA) is 36.0 Å². The maximum Gasteiger partial charge on any atom is 0.228 e. The average Bonchev–Trinajstić information content (AvgIpc) is 2.89. The van der Waals surface area contributed by atoms with Crippen molar-refractivity contribution in [1.82, 2.24) is 9.80 Å². The van der Waals surface area contributed by atoms with Crippen molar-refractivity contribution in [1.29, 1.82) is 0 Å². The molecule has 3 fully saturated rings. The van der Waals surface area contributed by atoms with Gasteiger partial charge in [-0.25, -0.2) is 0 Å². The number of anilines is 1. The van der Waals surface area contributed by atoms with Gasteiger partial charge >= 0.3 is 0 Å². The molecule has 0 unspecified atom stereocenters.